The number of nitrogens with zero attached hydrogens (tertiary/aromatic N) is 5. The number of carbonyl (C=O) groups is 1. The van der Waals surface area contributed by atoms with Gasteiger partial charge in [0.2, 0.25) is 5.90 Å². The largest absolute Gasteiger partial charge is 0.435 e. The molecule has 0 spiro atoms. The molecule has 166 valence electrons. The number of hydrogen-bond acceptors (Lipinski definition) is 8. The van der Waals surface area contributed by atoms with Crippen LogP contribution in [-0.4, -0.2) is 44.5 Å². The highest BCUT2D eigenvalue weighted by Crippen LogP contribution is 2.15. The van der Waals surface area contributed by atoms with Gasteiger partial charge >= 0.3 is 12.7 Å². The molecule has 13 heteroatoms. The predicted molar refractivity (Wildman–Crippen MR) is 106 cm³/mol. The fraction of sp³-hybridized carbons (Fsp3) is 0.263. The van der Waals surface area contributed by atoms with Gasteiger partial charge in [-0.3, -0.25) is 10.2 Å². The Morgan fingerprint density at radius 2 is 2.06 bits per heavy atom. The molecule has 0 unspecified atom stereocenters. The number of amides is 1. The van der Waals surface area contributed by atoms with Gasteiger partial charge in [-0.1, -0.05) is 12.1 Å². The van der Waals surface area contributed by atoms with Crippen LogP contribution in [0.4, 0.5) is 13.6 Å². The molecule has 1 aromatic carbocycles. The van der Waals surface area contributed by atoms with Crippen molar-refractivity contribution in [2.75, 3.05) is 6.54 Å². The summed E-state index contributed by atoms with van der Waals surface area (Å²) in [6.45, 7) is -3.11. The third kappa shape index (κ3) is 5.22. The molecule has 0 atom stereocenters. The van der Waals surface area contributed by atoms with Crippen LogP contribution in [0.3, 0.4) is 0 Å². The van der Waals surface area contributed by atoms with Gasteiger partial charge in [0.15, 0.2) is 11.2 Å². The molecule has 3 rings (SSSR count). The van der Waals surface area contributed by atoms with Crippen molar-refractivity contribution in [1.82, 2.24) is 24.6 Å². The number of rotatable bonds is 7. The van der Waals surface area contributed by atoms with Crippen molar-refractivity contribution in [2.24, 2.45) is 7.05 Å². The number of nitrogens with one attached hydrogen (secondary N) is 2. The third-order valence-corrected chi connectivity index (χ3v) is 4.26. The van der Waals surface area contributed by atoms with Crippen molar-refractivity contribution < 1.29 is 23.0 Å². The molecule has 2 N–H and O–H groups in total. The second-order valence-corrected chi connectivity index (χ2v) is 6.49. The summed E-state index contributed by atoms with van der Waals surface area (Å²) in [5, 5.41) is 23.4. The van der Waals surface area contributed by atoms with E-state index in [9.17, 15) is 18.4 Å². The molecule has 3 aromatic rings. The van der Waals surface area contributed by atoms with Crippen LogP contribution < -0.4 is 15.6 Å². The lowest BCUT2D eigenvalue weighted by atomic mass is 10.1. The summed E-state index contributed by atoms with van der Waals surface area (Å²) in [6.07, 6.45) is 0.747. The first-order valence-corrected chi connectivity index (χ1v) is 9.17. The quantitative estimate of drug-likeness (QED) is 0.414. The van der Waals surface area contributed by atoms with Gasteiger partial charge in [-0.25, -0.2) is 14.5 Å². The Bertz CT molecular complexity index is 1250. The van der Waals surface area contributed by atoms with E-state index in [2.05, 4.69) is 20.1 Å². The summed E-state index contributed by atoms with van der Waals surface area (Å²) < 4.78 is 35.7. The summed E-state index contributed by atoms with van der Waals surface area (Å²) in [6, 6.07) is 7.76. The molecule has 0 radical (unpaired) electrons. The average molecular weight is 445 g/mol. The zero-order valence-corrected chi connectivity index (χ0v) is 16.7. The molecule has 2 aromatic heterocycles. The van der Waals surface area contributed by atoms with Crippen LogP contribution in [0.15, 0.2) is 35.4 Å². The van der Waals surface area contributed by atoms with Crippen LogP contribution in [0, 0.1) is 16.7 Å². The molecular weight excluding hydrogens is 428 g/mol. The number of alkyl halides is 2. The Balaban J connectivity index is 1.54. The predicted octanol–water partition coefficient (Wildman–Crippen LogP) is 1.55. The molecule has 11 nitrogen and oxygen atoms in total. The second kappa shape index (κ2) is 9.65. The molecule has 0 aliphatic rings. The van der Waals surface area contributed by atoms with Gasteiger partial charge in [0.05, 0.1) is 6.33 Å². The lowest BCUT2D eigenvalue weighted by Gasteiger charge is -2.09. The molecule has 0 bridgehead atoms. The van der Waals surface area contributed by atoms with Crippen LogP contribution in [0.2, 0.25) is 0 Å². The van der Waals surface area contributed by atoms with Gasteiger partial charge in [-0.2, -0.15) is 19.1 Å². The maximum absolute atomic E-state index is 12.3. The van der Waals surface area contributed by atoms with Gasteiger partial charge in [0.1, 0.15) is 23.9 Å². The molecule has 1 amide bonds. The van der Waals surface area contributed by atoms with Gasteiger partial charge < -0.3 is 19.4 Å². The fourth-order valence-electron chi connectivity index (χ4n) is 2.80. The first kappa shape index (κ1) is 22.3. The highest BCUT2D eigenvalue weighted by molar-refractivity contribution is 5.87. The van der Waals surface area contributed by atoms with E-state index in [1.807, 2.05) is 6.07 Å². The van der Waals surface area contributed by atoms with Gasteiger partial charge in [-0.05, 0) is 24.1 Å². The van der Waals surface area contributed by atoms with Crippen LogP contribution in [0.25, 0.3) is 11.0 Å². The van der Waals surface area contributed by atoms with Crippen molar-refractivity contribution in [3.05, 3.63) is 52.2 Å². The standard InChI is InChI=1S/C19H17F2N7O4/c1-27-10-25-15-13(8-22)26-28(16(15)17(27)29)9-14(23)32-19(30)24-7-6-11-2-4-12(5-3-11)31-18(20)21/h2-5,10,18,23H,6-7,9H2,1H3,(H,24,30). The average Bonchev–Trinajstić information content (AvgIpc) is 3.09. The number of ether oxygens (including phenoxy) is 2. The molecule has 32 heavy (non-hydrogen) atoms. The van der Waals surface area contributed by atoms with Crippen molar-refractivity contribution >= 4 is 23.0 Å². The number of alkyl carbamates (subject to hydrolysis) is 1. The van der Waals surface area contributed by atoms with E-state index in [4.69, 9.17) is 15.4 Å². The third-order valence-electron chi connectivity index (χ3n) is 4.26. The Morgan fingerprint density at radius 1 is 1.34 bits per heavy atom. The molecule has 0 saturated carbocycles. The van der Waals surface area contributed by atoms with Crippen molar-refractivity contribution in [3.8, 4) is 11.8 Å². The second-order valence-electron chi connectivity index (χ2n) is 6.49. The van der Waals surface area contributed by atoms with E-state index >= 15 is 0 Å². The summed E-state index contributed by atoms with van der Waals surface area (Å²) in [4.78, 5) is 28.3. The fourth-order valence-corrected chi connectivity index (χ4v) is 2.80. The van der Waals surface area contributed by atoms with Crippen LogP contribution in [0.1, 0.15) is 11.3 Å². The lowest BCUT2D eigenvalue weighted by molar-refractivity contribution is -0.0498. The number of benzene rings is 1. The van der Waals surface area contributed by atoms with E-state index in [0.717, 1.165) is 10.2 Å². The summed E-state index contributed by atoms with van der Waals surface area (Å²) in [5.74, 6) is -0.476. The van der Waals surface area contributed by atoms with Crippen LogP contribution in [-0.2, 0) is 24.8 Å². The molecular formula is C19H17F2N7O4. The number of aromatic nitrogens is 4. The number of hydrogen-bond donors (Lipinski definition) is 2. The molecule has 0 aliphatic carbocycles. The smallest absolute Gasteiger partial charge is 0.413 e. The van der Waals surface area contributed by atoms with Crippen molar-refractivity contribution in [2.45, 2.75) is 19.6 Å². The molecule has 0 aliphatic heterocycles. The minimum Gasteiger partial charge on any atom is -0.435 e. The van der Waals surface area contributed by atoms with Crippen LogP contribution >= 0.6 is 0 Å². The normalized spacial score (nSPS) is 10.7. The Hall–Kier alpha value is -4.34. The summed E-state index contributed by atoms with van der Waals surface area (Å²) in [5.41, 5.74) is 0.320. The number of aryl methyl sites for hydroxylation is 1. The maximum Gasteiger partial charge on any atom is 0.413 e. The van der Waals surface area contributed by atoms with Crippen molar-refractivity contribution in [3.63, 3.8) is 0 Å². The number of fused-ring (bicyclic) bond motifs is 1. The SMILES string of the molecule is Cn1cnc2c(C#N)nn(CC(=N)OC(=O)NCCc3ccc(OC(F)F)cc3)c2c1=O. The van der Waals surface area contributed by atoms with E-state index < -0.39 is 24.2 Å². The highest BCUT2D eigenvalue weighted by Gasteiger charge is 2.18. The number of nitriles is 1. The minimum atomic E-state index is -2.90. The van der Waals surface area contributed by atoms with E-state index in [-0.39, 0.29) is 35.6 Å². The first-order valence-electron chi connectivity index (χ1n) is 9.17. The lowest BCUT2D eigenvalue weighted by Crippen LogP contribution is -2.30. The highest BCUT2D eigenvalue weighted by atomic mass is 19.3. The minimum absolute atomic E-state index is 0.0135. The van der Waals surface area contributed by atoms with Gasteiger partial charge in [-0.15, -0.1) is 0 Å². The van der Waals surface area contributed by atoms with Gasteiger partial charge in [0, 0.05) is 13.6 Å². The molecule has 0 saturated heterocycles. The summed E-state index contributed by atoms with van der Waals surface area (Å²) >= 11 is 0. The van der Waals surface area contributed by atoms with Gasteiger partial charge in [0.25, 0.3) is 5.56 Å². The molecule has 0 fully saturated rings. The summed E-state index contributed by atoms with van der Waals surface area (Å²) in [7, 11) is 1.48. The number of carbonyl (C=O) groups excluding carboxylic acids is 1. The Morgan fingerprint density at radius 3 is 2.72 bits per heavy atom. The van der Waals surface area contributed by atoms with E-state index in [1.165, 1.54) is 30.1 Å². The van der Waals surface area contributed by atoms with Crippen LogP contribution in [0.5, 0.6) is 5.75 Å². The monoisotopic (exact) mass is 445 g/mol. The topological polar surface area (TPSA) is 148 Å². The van der Waals surface area contributed by atoms with Crippen molar-refractivity contribution in [1.29, 1.82) is 10.7 Å². The van der Waals surface area contributed by atoms with E-state index in [0.29, 0.717) is 6.42 Å². The zero-order valence-electron chi connectivity index (χ0n) is 16.7. The maximum atomic E-state index is 12.3. The first-order chi connectivity index (χ1) is 15.3. The Kier molecular flexibility index (Phi) is 6.74. The zero-order chi connectivity index (χ0) is 23.3. The molecule has 2 heterocycles. The Labute approximate surface area is 179 Å². The number of halogens is 2. The van der Waals surface area contributed by atoms with E-state index in [1.54, 1.807) is 12.1 Å².